The fraction of sp³-hybridized carbons (Fsp3) is 0.452. The van der Waals surface area contributed by atoms with E-state index in [1.54, 1.807) is 6.07 Å². The molecule has 3 heteroatoms. The number of benzene rings is 3. The number of rotatable bonds is 5. The third-order valence-electron chi connectivity index (χ3n) is 10.4. The number of fused-ring (bicyclic) bond motifs is 3. The Labute approximate surface area is 272 Å². The van der Waals surface area contributed by atoms with Gasteiger partial charge in [0.15, 0.2) is 6.20 Å². The van der Waals surface area contributed by atoms with Gasteiger partial charge in [0.2, 0.25) is 5.69 Å². The second kappa shape index (κ2) is 12.0. The molecule has 2 aliphatic rings. The number of hydrogen-bond acceptors (Lipinski definition) is 1. The summed E-state index contributed by atoms with van der Waals surface area (Å²) in [4.78, 5) is 0. The molecule has 0 N–H and O–H groups in total. The van der Waals surface area contributed by atoms with E-state index in [2.05, 4.69) is 6.07 Å². The fourth-order valence-corrected chi connectivity index (χ4v) is 8.12. The van der Waals surface area contributed by atoms with Crippen LogP contribution in [0, 0.1) is 30.0 Å². The molecule has 3 aromatic carbocycles. The van der Waals surface area contributed by atoms with Gasteiger partial charge in [-0.1, -0.05) is 89.3 Å². The lowest BCUT2D eigenvalue weighted by Gasteiger charge is -2.36. The van der Waals surface area contributed by atoms with Crippen molar-refractivity contribution in [1.82, 2.24) is 0 Å². The quantitative estimate of drug-likeness (QED) is 0.182. The van der Waals surface area contributed by atoms with Crippen molar-refractivity contribution < 1.29 is 17.5 Å². The van der Waals surface area contributed by atoms with Crippen LogP contribution in [0.1, 0.15) is 105 Å². The van der Waals surface area contributed by atoms with E-state index in [0.29, 0.717) is 22.3 Å². The van der Waals surface area contributed by atoms with Crippen molar-refractivity contribution in [2.75, 3.05) is 0 Å². The molecule has 0 spiro atoms. The molecule has 2 aliphatic carbocycles. The highest BCUT2D eigenvalue weighted by atomic mass is 19.1. The Hall–Kier alpha value is -3.46. The van der Waals surface area contributed by atoms with Crippen molar-refractivity contribution >= 4 is 21.9 Å². The van der Waals surface area contributed by atoms with E-state index in [1.165, 1.54) is 38.2 Å². The van der Waals surface area contributed by atoms with Crippen molar-refractivity contribution in [2.24, 2.45) is 24.3 Å². The van der Waals surface area contributed by atoms with Crippen LogP contribution in [0.3, 0.4) is 0 Å². The van der Waals surface area contributed by atoms with E-state index in [-0.39, 0.29) is 5.82 Å². The first-order valence-corrected chi connectivity index (χ1v) is 17.0. The first-order valence-electron chi connectivity index (χ1n) is 18.5. The van der Waals surface area contributed by atoms with Gasteiger partial charge in [-0.3, -0.25) is 0 Å². The minimum absolute atomic E-state index is 0.341. The second-order valence-corrected chi connectivity index (χ2v) is 14.7. The third-order valence-corrected chi connectivity index (χ3v) is 10.4. The van der Waals surface area contributed by atoms with Crippen molar-refractivity contribution in [3.8, 4) is 22.4 Å². The van der Waals surface area contributed by atoms with Crippen LogP contribution in [0.25, 0.3) is 44.3 Å². The Morgan fingerprint density at radius 1 is 0.822 bits per heavy atom. The lowest BCUT2D eigenvalue weighted by molar-refractivity contribution is -0.660. The SMILES string of the molecule is [2H]C1(c2ccc(-c3c(F)ccc4c3oc3c(-c5cc(C([2H])([2H])C(C)(C)C)cc[n+]5C)c(C)ccc34)cc2)CCC(C2CCCCC2)CC1. The molecule has 234 valence electrons. The van der Waals surface area contributed by atoms with Gasteiger partial charge in [0.05, 0.1) is 11.1 Å². The highest BCUT2D eigenvalue weighted by Gasteiger charge is 2.29. The number of halogens is 1. The van der Waals surface area contributed by atoms with Gasteiger partial charge in [-0.2, -0.15) is 0 Å². The van der Waals surface area contributed by atoms with E-state index in [1.807, 2.05) is 88.0 Å². The van der Waals surface area contributed by atoms with Crippen LogP contribution in [0.5, 0.6) is 0 Å². The molecular weight excluding hydrogens is 553 g/mol. The van der Waals surface area contributed by atoms with E-state index >= 15 is 4.39 Å². The smallest absolute Gasteiger partial charge is 0.216 e. The number of pyridine rings is 1. The van der Waals surface area contributed by atoms with E-state index in [4.69, 9.17) is 7.16 Å². The van der Waals surface area contributed by atoms with Crippen LogP contribution in [0.2, 0.25) is 0 Å². The average molecular weight is 606 g/mol. The van der Waals surface area contributed by atoms with Crippen molar-refractivity contribution in [3.05, 3.63) is 89.4 Å². The van der Waals surface area contributed by atoms with E-state index in [0.717, 1.165) is 76.2 Å². The summed E-state index contributed by atoms with van der Waals surface area (Å²) in [6.45, 7) is 7.78. The number of furan rings is 1. The molecule has 0 aliphatic heterocycles. The van der Waals surface area contributed by atoms with Gasteiger partial charge in [0.1, 0.15) is 24.0 Å². The lowest BCUT2D eigenvalue weighted by Crippen LogP contribution is -2.31. The molecule has 0 amide bonds. The van der Waals surface area contributed by atoms with Crippen LogP contribution in [-0.2, 0) is 13.4 Å². The summed E-state index contributed by atoms with van der Waals surface area (Å²) in [5.41, 5.74) is 6.08. The van der Waals surface area contributed by atoms with Gasteiger partial charge in [0.25, 0.3) is 0 Å². The fourth-order valence-electron chi connectivity index (χ4n) is 8.12. The second-order valence-electron chi connectivity index (χ2n) is 14.7. The van der Waals surface area contributed by atoms with Crippen molar-refractivity contribution in [2.45, 2.75) is 97.7 Å². The molecule has 2 heterocycles. The van der Waals surface area contributed by atoms with Crippen LogP contribution < -0.4 is 4.57 Å². The largest absolute Gasteiger partial charge is 0.454 e. The summed E-state index contributed by atoms with van der Waals surface area (Å²) in [6, 6.07) is 19.2. The zero-order valence-electron chi connectivity index (χ0n) is 30.6. The molecule has 2 saturated carbocycles. The van der Waals surface area contributed by atoms with Crippen LogP contribution >= 0.6 is 0 Å². The Balaban J connectivity index is 1.27. The number of hydrogen-bond donors (Lipinski definition) is 0. The predicted molar refractivity (Wildman–Crippen MR) is 185 cm³/mol. The molecule has 0 saturated heterocycles. The summed E-state index contributed by atoms with van der Waals surface area (Å²) >= 11 is 0. The normalized spacial score (nSPS) is 22.8. The van der Waals surface area contributed by atoms with Crippen molar-refractivity contribution in [3.63, 3.8) is 0 Å². The summed E-state index contributed by atoms with van der Waals surface area (Å²) in [6.07, 6.45) is 11.2. The molecular formula is C42H49FNO+. The maximum absolute atomic E-state index is 15.8. The minimum atomic E-state index is -1.56. The number of aryl methyl sites for hydroxylation is 2. The first kappa shape index (κ1) is 26.7. The Kier molecular flexibility index (Phi) is 7.15. The highest BCUT2D eigenvalue weighted by molar-refractivity contribution is 6.13. The predicted octanol–water partition coefficient (Wildman–Crippen LogP) is 11.6. The van der Waals surface area contributed by atoms with Gasteiger partial charge < -0.3 is 4.42 Å². The van der Waals surface area contributed by atoms with Gasteiger partial charge >= 0.3 is 0 Å². The zero-order valence-corrected chi connectivity index (χ0v) is 27.6. The number of aromatic nitrogens is 1. The van der Waals surface area contributed by atoms with Gasteiger partial charge in [-0.25, -0.2) is 8.96 Å². The van der Waals surface area contributed by atoms with E-state index in [9.17, 15) is 1.37 Å². The molecule has 0 radical (unpaired) electrons. The van der Waals surface area contributed by atoms with Crippen molar-refractivity contribution in [1.29, 1.82) is 0 Å². The van der Waals surface area contributed by atoms with E-state index < -0.39 is 17.7 Å². The summed E-state index contributed by atoms with van der Waals surface area (Å²) in [7, 11) is 1.96. The van der Waals surface area contributed by atoms with Gasteiger partial charge in [-0.05, 0) is 96.5 Å². The highest BCUT2D eigenvalue weighted by Crippen LogP contribution is 2.45. The zero-order chi connectivity index (χ0) is 34.0. The van der Waals surface area contributed by atoms with Crippen LogP contribution in [-0.4, -0.2) is 0 Å². The Morgan fingerprint density at radius 3 is 2.16 bits per heavy atom. The molecule has 2 nitrogen and oxygen atoms in total. The monoisotopic (exact) mass is 605 g/mol. The summed E-state index contributed by atoms with van der Waals surface area (Å²) in [5, 5.41) is 1.74. The Morgan fingerprint density at radius 2 is 1.47 bits per heavy atom. The van der Waals surface area contributed by atoms with Gasteiger partial charge in [-0.15, -0.1) is 0 Å². The molecule has 2 fully saturated rings. The maximum Gasteiger partial charge on any atom is 0.216 e. The molecule has 45 heavy (non-hydrogen) atoms. The molecule has 0 atom stereocenters. The summed E-state index contributed by atoms with van der Waals surface area (Å²) in [5.74, 6) is 0.682. The van der Waals surface area contributed by atoms with Crippen LogP contribution in [0.15, 0.2) is 71.3 Å². The summed E-state index contributed by atoms with van der Waals surface area (Å²) < 4.78 is 51.7. The first-order chi connectivity index (χ1) is 22.8. The molecule has 5 aromatic rings. The molecule has 0 bridgehead atoms. The van der Waals surface area contributed by atoms with Crippen LogP contribution in [0.4, 0.5) is 4.39 Å². The number of nitrogens with zero attached hydrogens (tertiary/aromatic N) is 1. The molecule has 7 rings (SSSR count). The molecule has 0 unspecified atom stereocenters. The lowest BCUT2D eigenvalue weighted by atomic mass is 9.70. The third kappa shape index (κ3) is 5.96. The molecule has 2 aromatic heterocycles. The minimum Gasteiger partial charge on any atom is -0.454 e. The topological polar surface area (TPSA) is 17.0 Å². The Bertz CT molecular complexity index is 1970. The average Bonchev–Trinajstić information content (AvgIpc) is 3.44. The standard InChI is InChI=1S/C42H49FNO/c1-27-11-20-34-35-21-22-36(43)39(41(35)45-40(34)38(27)37-25-28(23-24-44(37)5)26-42(2,3)4)33-18-16-32(17-19-33)31-14-12-30(13-15-31)29-9-7-6-8-10-29/h11,16-25,29-31H,6-10,12-15,26H2,1-5H3/q+1/i26D2,31D. The maximum atomic E-state index is 15.8. The van der Waals surface area contributed by atoms with Gasteiger partial charge in [0, 0.05) is 27.0 Å².